The summed E-state index contributed by atoms with van der Waals surface area (Å²) in [5.74, 6) is 0. The number of ether oxygens (including phenoxy) is 5. The molecule has 11 heteroatoms. The van der Waals surface area contributed by atoms with Gasteiger partial charge >= 0.3 is 0 Å². The van der Waals surface area contributed by atoms with E-state index in [2.05, 4.69) is 154 Å². The number of nitrogens with zero attached hydrogens (tertiary/aromatic N) is 5. The monoisotopic (exact) mass is 855 g/mol. The van der Waals surface area contributed by atoms with Gasteiger partial charge in [-0.25, -0.2) is 0 Å². The SMILES string of the molecule is CC(C)(C)NC1CCN(CCOC(C)(C)C)CC1.CC(C)(C)OCCN1CCCN(CCOC(C)(C)C)CC1.CC(C)(C)OCCN1C[C@H]2C[C@@H]1CN2CCOC(C)(C)C. The van der Waals surface area contributed by atoms with Crippen molar-refractivity contribution in [3.8, 4) is 0 Å². The van der Waals surface area contributed by atoms with E-state index in [1.165, 1.54) is 65.0 Å². The van der Waals surface area contributed by atoms with E-state index in [0.29, 0.717) is 6.04 Å². The highest BCUT2D eigenvalue weighted by atomic mass is 16.5. The number of rotatable bonds is 16. The first-order valence-corrected chi connectivity index (χ1v) is 24.1. The largest absolute Gasteiger partial charge is 0.375 e. The van der Waals surface area contributed by atoms with Crippen LogP contribution in [-0.2, 0) is 23.7 Å². The van der Waals surface area contributed by atoms with E-state index in [9.17, 15) is 0 Å². The lowest BCUT2D eigenvalue weighted by molar-refractivity contribution is -0.0286. The maximum atomic E-state index is 5.85. The Hall–Kier alpha value is -0.440. The van der Waals surface area contributed by atoms with E-state index in [1.54, 1.807) is 0 Å². The molecule has 0 amide bonds. The molecule has 4 aliphatic heterocycles. The van der Waals surface area contributed by atoms with Crippen LogP contribution in [0.1, 0.15) is 150 Å². The maximum Gasteiger partial charge on any atom is 0.0600 e. The fraction of sp³-hybridized carbons (Fsp3) is 1.00. The molecule has 4 heterocycles. The molecule has 60 heavy (non-hydrogen) atoms. The van der Waals surface area contributed by atoms with E-state index in [0.717, 1.165) is 90.9 Å². The molecular weight excluding hydrogens is 753 g/mol. The predicted octanol–water partition coefficient (Wildman–Crippen LogP) is 7.65. The molecule has 0 aliphatic carbocycles. The van der Waals surface area contributed by atoms with Crippen LogP contribution in [0.3, 0.4) is 0 Å². The summed E-state index contributed by atoms with van der Waals surface area (Å²) in [6.45, 7) is 57.5. The number of likely N-dealkylation sites (tertiary alicyclic amines) is 3. The third-order valence-electron chi connectivity index (χ3n) is 11.0. The summed E-state index contributed by atoms with van der Waals surface area (Å²) >= 11 is 0. The van der Waals surface area contributed by atoms with E-state index in [1.807, 2.05) is 0 Å². The molecule has 0 saturated carbocycles. The van der Waals surface area contributed by atoms with E-state index < -0.39 is 0 Å². The number of hydrogen-bond donors (Lipinski definition) is 1. The van der Waals surface area contributed by atoms with Gasteiger partial charge in [0, 0.05) is 82.6 Å². The van der Waals surface area contributed by atoms with E-state index in [-0.39, 0.29) is 33.5 Å². The minimum Gasteiger partial charge on any atom is -0.375 e. The average molecular weight is 855 g/mol. The van der Waals surface area contributed by atoms with Crippen LogP contribution < -0.4 is 5.32 Å². The third kappa shape index (κ3) is 28.4. The quantitative estimate of drug-likeness (QED) is 0.167. The molecule has 1 N–H and O–H groups in total. The van der Waals surface area contributed by atoms with Crippen LogP contribution in [0.15, 0.2) is 0 Å². The number of piperazine rings is 1. The number of nitrogens with one attached hydrogen (secondary N) is 1. The number of fused-ring (bicyclic) bond motifs is 2. The summed E-state index contributed by atoms with van der Waals surface area (Å²) in [4.78, 5) is 12.8. The highest BCUT2D eigenvalue weighted by Crippen LogP contribution is 2.30. The maximum absolute atomic E-state index is 5.85. The normalized spacial score (nSPS) is 22.7. The number of piperidine rings is 1. The third-order valence-corrected chi connectivity index (χ3v) is 11.0. The fourth-order valence-electron chi connectivity index (χ4n) is 8.15. The molecule has 0 aromatic heterocycles. The van der Waals surface area contributed by atoms with Crippen molar-refractivity contribution in [2.75, 3.05) is 118 Å². The van der Waals surface area contributed by atoms with E-state index in [4.69, 9.17) is 23.7 Å². The van der Waals surface area contributed by atoms with Crippen molar-refractivity contribution in [3.63, 3.8) is 0 Å². The lowest BCUT2D eigenvalue weighted by Gasteiger charge is -2.36. The molecule has 4 rings (SSSR count). The summed E-state index contributed by atoms with van der Waals surface area (Å²) in [5, 5.41) is 3.70. The van der Waals surface area contributed by atoms with Crippen molar-refractivity contribution in [1.82, 2.24) is 29.8 Å². The molecule has 4 aliphatic rings. The van der Waals surface area contributed by atoms with Crippen molar-refractivity contribution >= 4 is 0 Å². The van der Waals surface area contributed by atoms with Crippen LogP contribution in [0, 0.1) is 0 Å². The zero-order valence-electron chi connectivity index (χ0n) is 43.1. The smallest absolute Gasteiger partial charge is 0.0600 e. The Bertz CT molecular complexity index is 1060. The van der Waals surface area contributed by atoms with Crippen LogP contribution >= 0.6 is 0 Å². The van der Waals surface area contributed by atoms with E-state index >= 15 is 0 Å². The average Bonchev–Trinajstić information content (AvgIpc) is 3.57. The molecule has 0 aromatic carbocycles. The van der Waals surface area contributed by atoms with Gasteiger partial charge in [0.15, 0.2) is 0 Å². The van der Waals surface area contributed by atoms with Gasteiger partial charge in [0.2, 0.25) is 0 Å². The van der Waals surface area contributed by atoms with Gasteiger partial charge in [0.25, 0.3) is 0 Å². The Morgan fingerprint density at radius 2 is 0.700 bits per heavy atom. The van der Waals surface area contributed by atoms with Gasteiger partial charge < -0.3 is 33.9 Å². The van der Waals surface area contributed by atoms with Gasteiger partial charge in [-0.3, -0.25) is 19.6 Å². The molecule has 0 spiro atoms. The predicted molar refractivity (Wildman–Crippen MR) is 254 cm³/mol. The zero-order chi connectivity index (χ0) is 45.4. The molecule has 4 fully saturated rings. The highest BCUT2D eigenvalue weighted by Gasteiger charge is 2.42. The Balaban J connectivity index is 0.000000311. The molecule has 0 radical (unpaired) electrons. The Kier molecular flexibility index (Phi) is 23.5. The highest BCUT2D eigenvalue weighted by molar-refractivity contribution is 4.99. The molecule has 358 valence electrons. The lowest BCUT2D eigenvalue weighted by Crippen LogP contribution is -2.49. The summed E-state index contributed by atoms with van der Waals surface area (Å²) in [6.07, 6.45) is 5.08. The second-order valence-corrected chi connectivity index (χ2v) is 23.9. The topological polar surface area (TPSA) is 74.4 Å². The van der Waals surface area contributed by atoms with Crippen LogP contribution in [0.4, 0.5) is 0 Å². The first-order chi connectivity index (χ1) is 27.5. The number of hydrogen-bond acceptors (Lipinski definition) is 11. The van der Waals surface area contributed by atoms with Gasteiger partial charge in [0.1, 0.15) is 0 Å². The van der Waals surface area contributed by atoms with Gasteiger partial charge in [-0.1, -0.05) is 0 Å². The molecule has 11 nitrogen and oxygen atoms in total. The van der Waals surface area contributed by atoms with Crippen LogP contribution in [0.5, 0.6) is 0 Å². The van der Waals surface area contributed by atoms with Gasteiger partial charge in [-0.05, 0) is 176 Å². The lowest BCUT2D eigenvalue weighted by atomic mass is 10.00. The van der Waals surface area contributed by atoms with Crippen LogP contribution in [0.25, 0.3) is 0 Å². The Morgan fingerprint density at radius 3 is 0.983 bits per heavy atom. The van der Waals surface area contributed by atoms with Crippen molar-refractivity contribution < 1.29 is 23.7 Å². The second-order valence-electron chi connectivity index (χ2n) is 23.9. The molecular formula is C49H102N6O5. The van der Waals surface area contributed by atoms with Crippen molar-refractivity contribution in [2.45, 2.75) is 202 Å². The van der Waals surface area contributed by atoms with Crippen molar-refractivity contribution in [1.29, 1.82) is 0 Å². The molecule has 0 unspecified atom stereocenters. The molecule has 4 saturated heterocycles. The van der Waals surface area contributed by atoms with Crippen molar-refractivity contribution in [3.05, 3.63) is 0 Å². The second kappa shape index (κ2) is 25.3. The summed E-state index contributed by atoms with van der Waals surface area (Å²) in [5.41, 5.74) is 0.142. The van der Waals surface area contributed by atoms with Gasteiger partial charge in [-0.2, -0.15) is 0 Å². The van der Waals surface area contributed by atoms with Gasteiger partial charge in [-0.15, -0.1) is 0 Å². The summed E-state index contributed by atoms with van der Waals surface area (Å²) < 4.78 is 29.1. The van der Waals surface area contributed by atoms with Crippen LogP contribution in [0.2, 0.25) is 0 Å². The fourth-order valence-corrected chi connectivity index (χ4v) is 8.15. The van der Waals surface area contributed by atoms with Crippen LogP contribution in [-0.4, -0.2) is 194 Å². The minimum absolute atomic E-state index is 0.00782. The Labute approximate surface area is 372 Å². The summed E-state index contributed by atoms with van der Waals surface area (Å²) in [7, 11) is 0. The first-order valence-electron chi connectivity index (χ1n) is 24.1. The molecule has 2 bridgehead atoms. The molecule has 0 aromatic rings. The Morgan fingerprint density at radius 1 is 0.400 bits per heavy atom. The summed E-state index contributed by atoms with van der Waals surface area (Å²) in [6, 6.07) is 2.14. The zero-order valence-corrected chi connectivity index (χ0v) is 43.1. The minimum atomic E-state index is -0.0256. The van der Waals surface area contributed by atoms with Gasteiger partial charge in [0.05, 0.1) is 61.0 Å². The van der Waals surface area contributed by atoms with Crippen molar-refractivity contribution in [2.24, 2.45) is 0 Å². The first kappa shape index (κ1) is 55.7. The molecule has 2 atom stereocenters. The standard InChI is InChI=1S/C17H34N2O2.C17H36N2O2.C15H32N2O/c1-16(2,3)20-9-7-18-12-15-11-14(18)13-19(15)8-10-21-17(4,5)6;1-16(2,3)20-14-12-18-8-7-9-19(11-10-18)13-15-21-17(4,5)6;1-14(2,3)16-13-7-9-17(10-8-13)11-12-18-15(4,5)6/h14-15H,7-13H2,1-6H3;7-15H2,1-6H3;13,16H,7-12H2,1-6H3/t14-,15-;;/m1../s1.